The highest BCUT2D eigenvalue weighted by Gasteiger charge is 2.35. The maximum absolute atomic E-state index is 12.5. The number of hydrogen-bond acceptors (Lipinski definition) is 3. The SMILES string of the molecule is O=C(C1CSCN1)N1CCCC1c1cccc(Cl)c1. The van der Waals surface area contributed by atoms with Crippen LogP contribution in [0.5, 0.6) is 0 Å². The first-order valence-corrected chi connectivity index (χ1v) is 8.16. The molecule has 0 radical (unpaired) electrons. The summed E-state index contributed by atoms with van der Waals surface area (Å²) in [6.45, 7) is 0.860. The Morgan fingerprint density at radius 1 is 1.47 bits per heavy atom. The van der Waals surface area contributed by atoms with Gasteiger partial charge >= 0.3 is 0 Å². The summed E-state index contributed by atoms with van der Waals surface area (Å²) in [4.78, 5) is 14.6. The summed E-state index contributed by atoms with van der Waals surface area (Å²) in [5.41, 5.74) is 1.16. The summed E-state index contributed by atoms with van der Waals surface area (Å²) in [6, 6.07) is 8.07. The molecule has 2 heterocycles. The molecule has 1 N–H and O–H groups in total. The number of nitrogens with zero attached hydrogens (tertiary/aromatic N) is 1. The summed E-state index contributed by atoms with van der Waals surface area (Å²) in [6.07, 6.45) is 2.11. The third-order valence-electron chi connectivity index (χ3n) is 3.78. The van der Waals surface area contributed by atoms with Crippen LogP contribution in [0.25, 0.3) is 0 Å². The molecule has 2 aliphatic rings. The Bertz CT molecular complexity index is 476. The minimum Gasteiger partial charge on any atom is -0.334 e. The van der Waals surface area contributed by atoms with Crippen LogP contribution in [0.3, 0.4) is 0 Å². The molecular weight excluding hydrogens is 280 g/mol. The summed E-state index contributed by atoms with van der Waals surface area (Å²) >= 11 is 7.85. The fraction of sp³-hybridized carbons (Fsp3) is 0.500. The highest BCUT2D eigenvalue weighted by atomic mass is 35.5. The fourth-order valence-electron chi connectivity index (χ4n) is 2.84. The van der Waals surface area contributed by atoms with Crippen molar-refractivity contribution >= 4 is 29.3 Å². The molecule has 19 heavy (non-hydrogen) atoms. The molecule has 2 atom stereocenters. The quantitative estimate of drug-likeness (QED) is 0.911. The molecule has 2 aliphatic heterocycles. The standard InChI is InChI=1S/C14H17ClN2OS/c15-11-4-1-3-10(7-11)13-5-2-6-17(13)14(18)12-8-19-9-16-12/h1,3-4,7,12-13,16H,2,5-6,8-9H2. The number of nitrogens with one attached hydrogen (secondary N) is 1. The lowest BCUT2D eigenvalue weighted by atomic mass is 10.0. The summed E-state index contributed by atoms with van der Waals surface area (Å²) in [5.74, 6) is 2.01. The Balaban J connectivity index is 1.79. The summed E-state index contributed by atoms with van der Waals surface area (Å²) < 4.78 is 0. The van der Waals surface area contributed by atoms with E-state index in [9.17, 15) is 4.79 Å². The predicted octanol–water partition coefficient (Wildman–Crippen LogP) is 2.67. The molecule has 2 unspecified atom stereocenters. The molecular formula is C14H17ClN2OS. The van der Waals surface area contributed by atoms with Crippen molar-refractivity contribution in [2.24, 2.45) is 0 Å². The highest BCUT2D eigenvalue weighted by molar-refractivity contribution is 7.99. The van der Waals surface area contributed by atoms with Crippen molar-refractivity contribution in [2.75, 3.05) is 18.2 Å². The van der Waals surface area contributed by atoms with E-state index in [2.05, 4.69) is 11.4 Å². The zero-order chi connectivity index (χ0) is 13.2. The van der Waals surface area contributed by atoms with Crippen LogP contribution < -0.4 is 5.32 Å². The van der Waals surface area contributed by atoms with Gasteiger partial charge in [0.2, 0.25) is 5.91 Å². The van der Waals surface area contributed by atoms with Crippen LogP contribution in [0, 0.1) is 0 Å². The van der Waals surface area contributed by atoms with Crippen LogP contribution in [0.1, 0.15) is 24.4 Å². The number of carbonyl (C=O) groups is 1. The Kier molecular flexibility index (Phi) is 4.01. The molecule has 1 aromatic rings. The Morgan fingerprint density at radius 2 is 2.37 bits per heavy atom. The van der Waals surface area contributed by atoms with Gasteiger partial charge in [0.25, 0.3) is 0 Å². The third kappa shape index (κ3) is 2.76. The Labute approximate surface area is 122 Å². The molecule has 0 bridgehead atoms. The molecule has 5 heteroatoms. The number of thioether (sulfide) groups is 1. The molecule has 3 nitrogen and oxygen atoms in total. The van der Waals surface area contributed by atoms with Gasteiger partial charge in [0.05, 0.1) is 12.1 Å². The fourth-order valence-corrected chi connectivity index (χ4v) is 3.98. The van der Waals surface area contributed by atoms with E-state index in [0.29, 0.717) is 0 Å². The van der Waals surface area contributed by atoms with Crippen molar-refractivity contribution in [2.45, 2.75) is 24.9 Å². The normalized spacial score (nSPS) is 26.9. The van der Waals surface area contributed by atoms with E-state index in [1.54, 1.807) is 11.8 Å². The van der Waals surface area contributed by atoms with Crippen molar-refractivity contribution in [1.82, 2.24) is 10.2 Å². The zero-order valence-corrected chi connectivity index (χ0v) is 12.2. The minimum atomic E-state index is -0.00946. The molecule has 102 valence electrons. The summed E-state index contributed by atoms with van der Waals surface area (Å²) in [5, 5.41) is 4.00. The van der Waals surface area contributed by atoms with Crippen LogP contribution in [0.2, 0.25) is 5.02 Å². The second kappa shape index (κ2) is 5.73. The van der Waals surface area contributed by atoms with E-state index < -0.39 is 0 Å². The Morgan fingerprint density at radius 3 is 3.11 bits per heavy atom. The molecule has 0 spiro atoms. The maximum Gasteiger partial charge on any atom is 0.241 e. The number of benzene rings is 1. The van der Waals surface area contributed by atoms with Crippen LogP contribution in [-0.2, 0) is 4.79 Å². The van der Waals surface area contributed by atoms with Gasteiger partial charge < -0.3 is 4.90 Å². The van der Waals surface area contributed by atoms with Crippen LogP contribution in [0.4, 0.5) is 0 Å². The molecule has 1 aromatic carbocycles. The highest BCUT2D eigenvalue weighted by Crippen LogP contribution is 2.34. The number of carbonyl (C=O) groups excluding carboxylic acids is 1. The average molecular weight is 297 g/mol. The van der Waals surface area contributed by atoms with Gasteiger partial charge in [-0.15, -0.1) is 11.8 Å². The summed E-state index contributed by atoms with van der Waals surface area (Å²) in [7, 11) is 0. The number of hydrogen-bond donors (Lipinski definition) is 1. The van der Waals surface area contributed by atoms with E-state index in [4.69, 9.17) is 11.6 Å². The number of halogens is 1. The molecule has 0 saturated carbocycles. The van der Waals surface area contributed by atoms with Gasteiger partial charge in [0.1, 0.15) is 0 Å². The monoisotopic (exact) mass is 296 g/mol. The second-order valence-corrected chi connectivity index (χ2v) is 6.48. The van der Waals surface area contributed by atoms with Crippen molar-refractivity contribution < 1.29 is 4.79 Å². The van der Waals surface area contributed by atoms with Gasteiger partial charge in [-0.1, -0.05) is 23.7 Å². The van der Waals surface area contributed by atoms with Crippen LogP contribution in [0.15, 0.2) is 24.3 Å². The second-order valence-electron chi connectivity index (χ2n) is 5.02. The van der Waals surface area contributed by atoms with Crippen LogP contribution >= 0.6 is 23.4 Å². The topological polar surface area (TPSA) is 32.3 Å². The first-order chi connectivity index (χ1) is 9.25. The predicted molar refractivity (Wildman–Crippen MR) is 79.4 cm³/mol. The van der Waals surface area contributed by atoms with Crippen molar-refractivity contribution in [3.05, 3.63) is 34.9 Å². The molecule has 0 aromatic heterocycles. The van der Waals surface area contributed by atoms with Gasteiger partial charge in [-0.3, -0.25) is 10.1 Å². The van der Waals surface area contributed by atoms with Gasteiger partial charge in [-0.2, -0.15) is 0 Å². The van der Waals surface area contributed by atoms with E-state index in [1.807, 2.05) is 23.1 Å². The first-order valence-electron chi connectivity index (χ1n) is 6.63. The Hall–Kier alpha value is -0.710. The largest absolute Gasteiger partial charge is 0.334 e. The van der Waals surface area contributed by atoms with Crippen molar-refractivity contribution in [3.63, 3.8) is 0 Å². The maximum atomic E-state index is 12.5. The smallest absolute Gasteiger partial charge is 0.241 e. The lowest BCUT2D eigenvalue weighted by Gasteiger charge is -2.27. The average Bonchev–Trinajstić information content (AvgIpc) is 3.09. The molecule has 2 saturated heterocycles. The number of rotatable bonds is 2. The van der Waals surface area contributed by atoms with E-state index in [-0.39, 0.29) is 18.0 Å². The zero-order valence-electron chi connectivity index (χ0n) is 10.6. The minimum absolute atomic E-state index is 0.00946. The van der Waals surface area contributed by atoms with E-state index in [1.165, 1.54) is 0 Å². The first kappa shape index (κ1) is 13.3. The molecule has 1 amide bonds. The molecule has 0 aliphatic carbocycles. The lowest BCUT2D eigenvalue weighted by molar-refractivity contribution is -0.133. The lowest BCUT2D eigenvalue weighted by Crippen LogP contribution is -2.44. The van der Waals surface area contributed by atoms with Crippen LogP contribution in [-0.4, -0.2) is 35.0 Å². The number of amides is 1. The molecule has 2 fully saturated rings. The van der Waals surface area contributed by atoms with Crippen molar-refractivity contribution in [1.29, 1.82) is 0 Å². The van der Waals surface area contributed by atoms with Gasteiger partial charge in [-0.05, 0) is 30.5 Å². The van der Waals surface area contributed by atoms with Crippen molar-refractivity contribution in [3.8, 4) is 0 Å². The van der Waals surface area contributed by atoms with E-state index >= 15 is 0 Å². The third-order valence-corrected chi connectivity index (χ3v) is 4.96. The molecule has 3 rings (SSSR count). The van der Waals surface area contributed by atoms with Gasteiger partial charge in [0.15, 0.2) is 0 Å². The van der Waals surface area contributed by atoms with Gasteiger partial charge in [-0.25, -0.2) is 0 Å². The number of likely N-dealkylation sites (tertiary alicyclic amines) is 1. The van der Waals surface area contributed by atoms with Gasteiger partial charge in [0, 0.05) is 23.2 Å². The van der Waals surface area contributed by atoms with E-state index in [0.717, 1.165) is 41.6 Å².